The smallest absolute Gasteiger partial charge is 0.279 e. The Balaban J connectivity index is 1.79. The Kier molecular flexibility index (Phi) is 8.22. The van der Waals surface area contributed by atoms with Gasteiger partial charge in [-0.1, -0.05) is 26.0 Å². The molecule has 0 aromatic heterocycles. The van der Waals surface area contributed by atoms with E-state index in [4.69, 9.17) is 4.74 Å². The molecule has 1 fully saturated rings. The molecule has 1 amide bonds. The highest BCUT2D eigenvalue weighted by molar-refractivity contribution is 7.98. The highest BCUT2D eigenvalue weighted by atomic mass is 32.2. The van der Waals surface area contributed by atoms with Gasteiger partial charge >= 0.3 is 0 Å². The summed E-state index contributed by atoms with van der Waals surface area (Å²) in [4.78, 5) is 16.3. The van der Waals surface area contributed by atoms with Gasteiger partial charge in [0, 0.05) is 10.8 Å². The average Bonchev–Trinajstić information content (AvgIpc) is 2.54. The third-order valence-electron chi connectivity index (χ3n) is 4.44. The van der Waals surface area contributed by atoms with Crippen molar-refractivity contribution in [2.45, 2.75) is 24.8 Å². The van der Waals surface area contributed by atoms with Crippen LogP contribution in [0, 0.1) is 5.92 Å². The van der Waals surface area contributed by atoms with Gasteiger partial charge in [-0.05, 0) is 18.4 Å². The van der Waals surface area contributed by atoms with Crippen LogP contribution in [0.15, 0.2) is 29.2 Å². The number of para-hydroxylation sites is 1. The summed E-state index contributed by atoms with van der Waals surface area (Å²) in [5.41, 5.74) is 0.897. The van der Waals surface area contributed by atoms with Crippen LogP contribution in [0.25, 0.3) is 0 Å². The first kappa shape index (κ1) is 20.2. The Hall–Kier alpha value is -1.08. The van der Waals surface area contributed by atoms with E-state index in [2.05, 4.69) is 26.2 Å². The minimum absolute atomic E-state index is 0.0567. The largest absolute Gasteiger partial charge is 0.361 e. The Labute approximate surface area is 156 Å². The van der Waals surface area contributed by atoms with Crippen molar-refractivity contribution in [1.29, 1.82) is 0 Å². The first-order valence-electron chi connectivity index (χ1n) is 9.17. The zero-order valence-corrected chi connectivity index (χ0v) is 16.7. The lowest BCUT2D eigenvalue weighted by Gasteiger charge is -2.31. The van der Waals surface area contributed by atoms with E-state index in [0.717, 1.165) is 36.8 Å². The van der Waals surface area contributed by atoms with Crippen LogP contribution in [-0.2, 0) is 9.53 Å². The first-order chi connectivity index (χ1) is 12.0. The number of thioether (sulfide) groups is 1. The third-order valence-corrected chi connectivity index (χ3v) is 5.24. The second kappa shape index (κ2) is 10.2. The number of ether oxygens (including phenoxy) is 1. The second-order valence-electron chi connectivity index (χ2n) is 7.38. The Morgan fingerprint density at radius 2 is 2.20 bits per heavy atom. The van der Waals surface area contributed by atoms with Gasteiger partial charge in [0.25, 0.3) is 5.91 Å². The van der Waals surface area contributed by atoms with E-state index >= 15 is 0 Å². The Bertz CT molecular complexity index is 553. The molecule has 2 rings (SSSR count). The summed E-state index contributed by atoms with van der Waals surface area (Å²) in [6.45, 7) is 10.0. The van der Waals surface area contributed by atoms with Crippen molar-refractivity contribution in [2.24, 2.45) is 5.92 Å². The molecule has 25 heavy (non-hydrogen) atoms. The summed E-state index contributed by atoms with van der Waals surface area (Å²) in [5, 5.41) is 3.04. The molecule has 6 heteroatoms. The average molecular weight is 368 g/mol. The van der Waals surface area contributed by atoms with Gasteiger partial charge in [0.1, 0.15) is 19.6 Å². The van der Waals surface area contributed by atoms with Crippen molar-refractivity contribution in [3.63, 3.8) is 0 Å². The number of nitrogens with one attached hydrogen (secondary N) is 3. The van der Waals surface area contributed by atoms with Crippen LogP contribution in [0.5, 0.6) is 0 Å². The van der Waals surface area contributed by atoms with Crippen LogP contribution < -0.4 is 15.1 Å². The lowest BCUT2D eigenvalue weighted by atomic mass is 10.1. The zero-order chi connectivity index (χ0) is 18.2. The van der Waals surface area contributed by atoms with Gasteiger partial charge in [-0.25, -0.2) is 0 Å². The van der Waals surface area contributed by atoms with Crippen LogP contribution in [0.1, 0.15) is 13.8 Å². The van der Waals surface area contributed by atoms with Gasteiger partial charge in [-0.2, -0.15) is 0 Å². The Morgan fingerprint density at radius 1 is 1.44 bits per heavy atom. The summed E-state index contributed by atoms with van der Waals surface area (Å²) >= 11 is 1.65. The van der Waals surface area contributed by atoms with Gasteiger partial charge < -0.3 is 19.9 Å². The third kappa shape index (κ3) is 6.98. The van der Waals surface area contributed by atoms with Gasteiger partial charge in [0.2, 0.25) is 0 Å². The molecule has 0 bridgehead atoms. The number of carbonyl (C=O) groups is 1. The fourth-order valence-electron chi connectivity index (χ4n) is 3.42. The Morgan fingerprint density at radius 3 is 2.92 bits per heavy atom. The van der Waals surface area contributed by atoms with Crippen LogP contribution >= 0.6 is 11.8 Å². The van der Waals surface area contributed by atoms with E-state index in [1.165, 1.54) is 11.4 Å². The minimum atomic E-state index is 0.0567. The van der Waals surface area contributed by atoms with Crippen molar-refractivity contribution in [1.82, 2.24) is 0 Å². The fourth-order valence-corrected chi connectivity index (χ4v) is 3.98. The highest BCUT2D eigenvalue weighted by Gasteiger charge is 2.27. The maximum Gasteiger partial charge on any atom is 0.279 e. The van der Waals surface area contributed by atoms with Crippen molar-refractivity contribution in [2.75, 3.05) is 58.0 Å². The molecule has 0 saturated carbocycles. The van der Waals surface area contributed by atoms with E-state index < -0.39 is 0 Å². The number of quaternary nitrogens is 2. The standard InChI is InChI=1S/C19H31N3O2S/c1-15(2)11-22-9-10-24-16(13-22)12-21(3)14-19(23)20-17-7-5-6-8-18(17)25-4/h5-8,15-16H,9-14H2,1-4H3,(H,20,23)/p+2/t16-/m0/s1. The molecule has 140 valence electrons. The van der Waals surface area contributed by atoms with Crippen molar-refractivity contribution < 1.29 is 19.3 Å². The number of carbonyl (C=O) groups excluding carboxylic acids is 1. The second-order valence-corrected chi connectivity index (χ2v) is 8.23. The topological polar surface area (TPSA) is 47.2 Å². The van der Waals surface area contributed by atoms with E-state index in [0.29, 0.717) is 12.5 Å². The molecular formula is C19H33N3O2S+2. The van der Waals surface area contributed by atoms with Gasteiger partial charge in [0.05, 0.1) is 25.9 Å². The number of morpholine rings is 1. The molecule has 1 saturated heterocycles. The predicted octanol–water partition coefficient (Wildman–Crippen LogP) is -0.199. The zero-order valence-electron chi connectivity index (χ0n) is 15.9. The van der Waals surface area contributed by atoms with Crippen molar-refractivity contribution in [3.8, 4) is 0 Å². The molecule has 1 aromatic carbocycles. The molecular weight excluding hydrogens is 334 g/mol. The number of likely N-dealkylation sites (N-methyl/N-ethyl adjacent to an activating group) is 1. The number of benzene rings is 1. The number of rotatable bonds is 8. The fraction of sp³-hybridized carbons (Fsp3) is 0.632. The number of hydrogen-bond acceptors (Lipinski definition) is 3. The lowest BCUT2D eigenvalue weighted by molar-refractivity contribution is -0.926. The number of anilines is 1. The van der Waals surface area contributed by atoms with E-state index in [1.807, 2.05) is 30.5 Å². The van der Waals surface area contributed by atoms with Gasteiger partial charge in [0.15, 0.2) is 12.6 Å². The maximum atomic E-state index is 12.4. The molecule has 1 aliphatic rings. The maximum absolute atomic E-state index is 12.4. The normalized spacial score (nSPS) is 22.0. The van der Waals surface area contributed by atoms with Crippen LogP contribution in [0.4, 0.5) is 5.69 Å². The molecule has 0 radical (unpaired) electrons. The van der Waals surface area contributed by atoms with Crippen molar-refractivity contribution in [3.05, 3.63) is 24.3 Å². The lowest BCUT2D eigenvalue weighted by Crippen LogP contribution is -3.18. The summed E-state index contributed by atoms with van der Waals surface area (Å²) in [6.07, 6.45) is 2.27. The van der Waals surface area contributed by atoms with Crippen LogP contribution in [0.3, 0.4) is 0 Å². The summed E-state index contributed by atoms with van der Waals surface area (Å²) < 4.78 is 5.92. The molecule has 0 aliphatic carbocycles. The molecule has 1 aromatic rings. The molecule has 5 nitrogen and oxygen atoms in total. The molecule has 3 N–H and O–H groups in total. The molecule has 1 aliphatic heterocycles. The van der Waals surface area contributed by atoms with Crippen molar-refractivity contribution >= 4 is 23.4 Å². The molecule has 1 heterocycles. The highest BCUT2D eigenvalue weighted by Crippen LogP contribution is 2.24. The molecule has 2 unspecified atom stereocenters. The minimum Gasteiger partial charge on any atom is -0.361 e. The van der Waals surface area contributed by atoms with Gasteiger partial charge in [-0.3, -0.25) is 4.79 Å². The summed E-state index contributed by atoms with van der Waals surface area (Å²) in [6, 6.07) is 7.92. The van der Waals surface area contributed by atoms with Crippen LogP contribution in [0.2, 0.25) is 0 Å². The molecule has 3 atom stereocenters. The number of amides is 1. The molecule has 0 spiro atoms. The monoisotopic (exact) mass is 367 g/mol. The summed E-state index contributed by atoms with van der Waals surface area (Å²) in [7, 11) is 2.07. The summed E-state index contributed by atoms with van der Waals surface area (Å²) in [5.74, 6) is 0.766. The van der Waals surface area contributed by atoms with Crippen LogP contribution in [-0.4, -0.2) is 64.6 Å². The SMILES string of the molecule is CSc1ccccc1NC(=O)C[NH+](C)C[C@H]1C[NH+](CC(C)C)CCO1. The van der Waals surface area contributed by atoms with E-state index in [9.17, 15) is 4.79 Å². The van der Waals surface area contributed by atoms with E-state index in [1.54, 1.807) is 16.7 Å². The van der Waals surface area contributed by atoms with Gasteiger partial charge in [-0.15, -0.1) is 11.8 Å². The van der Waals surface area contributed by atoms with E-state index in [-0.39, 0.29) is 12.0 Å². The quantitative estimate of drug-likeness (QED) is 0.558. The number of hydrogen-bond donors (Lipinski definition) is 3. The predicted molar refractivity (Wildman–Crippen MR) is 104 cm³/mol. The first-order valence-corrected chi connectivity index (χ1v) is 10.4.